The summed E-state index contributed by atoms with van der Waals surface area (Å²) in [7, 11) is 0. The highest BCUT2D eigenvalue weighted by molar-refractivity contribution is 6.14. The number of benzene rings is 1. The molecule has 14 heteroatoms. The summed E-state index contributed by atoms with van der Waals surface area (Å²) in [6.07, 6.45) is 4.45. The SMILES string of the molecule is CCCNC(=O)c1cn2ncnc(N(C(=O)OCOC(=O)[C@H](C)NCl)c3cc(C(=O)NC4CC4)ccc3C)c2c1C. The molecule has 1 atom stereocenters. The van der Waals surface area contributed by atoms with Gasteiger partial charge in [0.1, 0.15) is 17.9 Å². The number of anilines is 2. The number of aromatic nitrogens is 3. The van der Waals surface area contributed by atoms with Gasteiger partial charge in [-0.05, 0) is 75.1 Å². The molecule has 2 aromatic heterocycles. The van der Waals surface area contributed by atoms with Gasteiger partial charge in [0, 0.05) is 24.3 Å². The quantitative estimate of drug-likeness (QED) is 0.174. The van der Waals surface area contributed by atoms with E-state index in [4.69, 9.17) is 21.3 Å². The Kier molecular flexibility index (Phi) is 9.40. The predicted octanol–water partition coefficient (Wildman–Crippen LogP) is 3.29. The molecular weight excluding hydrogens is 554 g/mol. The van der Waals surface area contributed by atoms with Gasteiger partial charge >= 0.3 is 12.1 Å². The van der Waals surface area contributed by atoms with Crippen LogP contribution in [-0.4, -0.2) is 63.9 Å². The van der Waals surface area contributed by atoms with Crippen LogP contribution >= 0.6 is 11.8 Å². The second-order valence-corrected chi connectivity index (χ2v) is 9.93. The lowest BCUT2D eigenvalue weighted by molar-refractivity contribution is -0.153. The third-order valence-electron chi connectivity index (χ3n) is 6.51. The summed E-state index contributed by atoms with van der Waals surface area (Å²) in [5.41, 5.74) is 2.53. The van der Waals surface area contributed by atoms with Crippen LogP contribution in [0.5, 0.6) is 0 Å². The molecule has 1 aliphatic carbocycles. The van der Waals surface area contributed by atoms with E-state index >= 15 is 0 Å². The lowest BCUT2D eigenvalue weighted by Gasteiger charge is -2.24. The molecule has 0 spiro atoms. The smallest absolute Gasteiger partial charge is 0.423 e. The van der Waals surface area contributed by atoms with Crippen molar-refractivity contribution in [2.45, 2.75) is 59.0 Å². The number of hydrogen-bond donors (Lipinski definition) is 3. The molecule has 1 fully saturated rings. The van der Waals surface area contributed by atoms with Gasteiger partial charge < -0.3 is 20.1 Å². The molecule has 1 saturated carbocycles. The number of carbonyl (C=O) groups is 4. The first kappa shape index (κ1) is 29.7. The van der Waals surface area contributed by atoms with Crippen molar-refractivity contribution in [3.05, 3.63) is 53.0 Å². The van der Waals surface area contributed by atoms with Gasteiger partial charge in [-0.2, -0.15) is 5.10 Å². The van der Waals surface area contributed by atoms with Crippen molar-refractivity contribution in [2.75, 3.05) is 18.2 Å². The molecule has 3 aromatic rings. The maximum atomic E-state index is 13.6. The highest BCUT2D eigenvalue weighted by Crippen LogP contribution is 2.34. The fourth-order valence-electron chi connectivity index (χ4n) is 4.03. The second kappa shape index (κ2) is 13.0. The van der Waals surface area contributed by atoms with Crippen LogP contribution in [0.3, 0.4) is 0 Å². The summed E-state index contributed by atoms with van der Waals surface area (Å²) in [6.45, 7) is 6.70. The first-order valence-corrected chi connectivity index (χ1v) is 13.6. The lowest BCUT2D eigenvalue weighted by atomic mass is 10.1. The molecule has 0 radical (unpaired) electrons. The summed E-state index contributed by atoms with van der Waals surface area (Å²) >= 11 is 5.47. The van der Waals surface area contributed by atoms with Gasteiger partial charge in [-0.25, -0.2) is 24.0 Å². The maximum Gasteiger partial charge on any atom is 0.423 e. The molecule has 3 N–H and O–H groups in total. The standard InChI is InChI=1S/C27H32ClN7O6/c1-5-10-29-25(37)20-12-34-22(16(20)3)23(30-13-31-34)35(27(39)41-14-40-26(38)17(4)33-28)21-11-18(7-6-15(21)2)24(36)32-19-8-9-19/h6-7,11-13,17,19,33H,5,8-10,14H2,1-4H3,(H,29,37)(H,32,36)/t17-/m0/s1. The number of nitrogens with zero attached hydrogens (tertiary/aromatic N) is 4. The molecule has 41 heavy (non-hydrogen) atoms. The van der Waals surface area contributed by atoms with Crippen LogP contribution in [-0.2, 0) is 14.3 Å². The number of hydrogen-bond acceptors (Lipinski definition) is 9. The third-order valence-corrected chi connectivity index (χ3v) is 6.84. The van der Waals surface area contributed by atoms with Crippen LogP contribution in [0, 0.1) is 13.8 Å². The first-order chi connectivity index (χ1) is 19.7. The molecule has 13 nitrogen and oxygen atoms in total. The van der Waals surface area contributed by atoms with Gasteiger partial charge in [-0.1, -0.05) is 13.0 Å². The van der Waals surface area contributed by atoms with Gasteiger partial charge in [0.25, 0.3) is 11.8 Å². The van der Waals surface area contributed by atoms with E-state index in [9.17, 15) is 19.2 Å². The molecule has 218 valence electrons. The summed E-state index contributed by atoms with van der Waals surface area (Å²) in [5, 5.41) is 10.0. The van der Waals surface area contributed by atoms with E-state index in [2.05, 4.69) is 25.6 Å². The Morgan fingerprint density at radius 2 is 1.93 bits per heavy atom. The fourth-order valence-corrected chi connectivity index (χ4v) is 4.12. The van der Waals surface area contributed by atoms with Crippen molar-refractivity contribution in [2.24, 2.45) is 0 Å². The van der Waals surface area contributed by atoms with Crippen molar-refractivity contribution in [3.8, 4) is 0 Å². The Bertz CT molecular complexity index is 1470. The van der Waals surface area contributed by atoms with Crippen LogP contribution in [0.1, 0.15) is 65.0 Å². The van der Waals surface area contributed by atoms with E-state index in [0.29, 0.717) is 40.0 Å². The number of halogens is 1. The van der Waals surface area contributed by atoms with Gasteiger partial charge in [0.05, 0.1) is 11.3 Å². The molecule has 0 aliphatic heterocycles. The van der Waals surface area contributed by atoms with E-state index < -0.39 is 24.9 Å². The normalized spacial score (nSPS) is 13.4. The van der Waals surface area contributed by atoms with Crippen molar-refractivity contribution in [1.29, 1.82) is 0 Å². The van der Waals surface area contributed by atoms with Gasteiger partial charge in [-0.3, -0.25) is 14.4 Å². The van der Waals surface area contributed by atoms with Crippen molar-refractivity contribution in [1.82, 2.24) is 30.1 Å². The topological polar surface area (TPSA) is 156 Å². The van der Waals surface area contributed by atoms with Crippen LogP contribution in [0.25, 0.3) is 5.52 Å². The molecular formula is C27H32ClN7O6. The monoisotopic (exact) mass is 585 g/mol. The fraction of sp³-hybridized carbons (Fsp3) is 0.407. The number of fused-ring (bicyclic) bond motifs is 1. The number of aryl methyl sites for hydroxylation is 2. The zero-order valence-electron chi connectivity index (χ0n) is 23.2. The van der Waals surface area contributed by atoms with E-state index in [-0.39, 0.29) is 23.7 Å². The van der Waals surface area contributed by atoms with Crippen molar-refractivity contribution in [3.63, 3.8) is 0 Å². The molecule has 1 aliphatic rings. The Balaban J connectivity index is 1.77. The van der Waals surface area contributed by atoms with Gasteiger partial charge in [-0.15, -0.1) is 0 Å². The molecule has 0 unspecified atom stereocenters. The van der Waals surface area contributed by atoms with Crippen molar-refractivity contribution < 1.29 is 28.7 Å². The van der Waals surface area contributed by atoms with Crippen LogP contribution in [0.15, 0.2) is 30.7 Å². The first-order valence-electron chi connectivity index (χ1n) is 13.2. The maximum absolute atomic E-state index is 13.6. The number of carbonyl (C=O) groups excluding carboxylic acids is 4. The Morgan fingerprint density at radius 1 is 1.17 bits per heavy atom. The van der Waals surface area contributed by atoms with Crippen LogP contribution in [0.2, 0.25) is 0 Å². The van der Waals surface area contributed by atoms with Crippen molar-refractivity contribution >= 4 is 52.7 Å². The zero-order chi connectivity index (χ0) is 29.7. The second-order valence-electron chi connectivity index (χ2n) is 9.71. The summed E-state index contributed by atoms with van der Waals surface area (Å²) in [6, 6.07) is 4.23. The summed E-state index contributed by atoms with van der Waals surface area (Å²) in [5.74, 6) is -1.20. The zero-order valence-corrected chi connectivity index (χ0v) is 23.9. The highest BCUT2D eigenvalue weighted by atomic mass is 35.5. The average Bonchev–Trinajstić information content (AvgIpc) is 3.72. The van der Waals surface area contributed by atoms with E-state index in [1.54, 1.807) is 38.2 Å². The number of nitrogens with one attached hydrogen (secondary N) is 3. The van der Waals surface area contributed by atoms with Gasteiger partial charge in [0.15, 0.2) is 5.82 Å². The largest absolute Gasteiger partial charge is 0.427 e. The van der Waals surface area contributed by atoms with E-state index in [1.807, 2.05) is 6.92 Å². The lowest BCUT2D eigenvalue weighted by Crippen LogP contribution is -2.33. The van der Waals surface area contributed by atoms with E-state index in [0.717, 1.165) is 24.2 Å². The molecule has 3 amide bonds. The van der Waals surface area contributed by atoms with E-state index in [1.165, 1.54) is 17.8 Å². The number of ether oxygens (including phenoxy) is 2. The van der Waals surface area contributed by atoms with Crippen LogP contribution < -0.4 is 20.4 Å². The Hall–Kier alpha value is -4.23. The Labute approximate surface area is 241 Å². The van der Waals surface area contributed by atoms with Gasteiger partial charge in [0.2, 0.25) is 6.79 Å². The minimum atomic E-state index is -0.940. The molecule has 2 heterocycles. The average molecular weight is 586 g/mol. The third kappa shape index (κ3) is 6.74. The predicted molar refractivity (Wildman–Crippen MR) is 150 cm³/mol. The molecule has 4 rings (SSSR count). The molecule has 1 aromatic carbocycles. The summed E-state index contributed by atoms with van der Waals surface area (Å²) < 4.78 is 11.8. The van der Waals surface area contributed by atoms with Crippen LogP contribution in [0.4, 0.5) is 16.3 Å². The molecule has 0 saturated heterocycles. The highest BCUT2D eigenvalue weighted by Gasteiger charge is 2.30. The number of esters is 1. The summed E-state index contributed by atoms with van der Waals surface area (Å²) in [4.78, 5) is 59.1. The number of rotatable bonds is 11. The minimum Gasteiger partial charge on any atom is -0.427 e. The minimum absolute atomic E-state index is 0.0991. The molecule has 0 bridgehead atoms. The Morgan fingerprint density at radius 3 is 2.61 bits per heavy atom. The number of amides is 3.